The second-order valence-electron chi connectivity index (χ2n) is 3.92. The molecule has 6 heteroatoms. The Labute approximate surface area is 123 Å². The monoisotopic (exact) mass is 336 g/mol. The van der Waals surface area contributed by atoms with Crippen LogP contribution in [0.4, 0.5) is 10.1 Å². The number of aromatic carboxylic acids is 1. The van der Waals surface area contributed by atoms with Crippen molar-refractivity contribution in [1.29, 1.82) is 0 Å². The molecule has 2 aromatic carbocycles. The highest BCUT2D eigenvalue weighted by molar-refractivity contribution is 9.10. The van der Waals surface area contributed by atoms with Crippen molar-refractivity contribution in [2.45, 2.75) is 0 Å². The van der Waals surface area contributed by atoms with E-state index < -0.39 is 5.97 Å². The van der Waals surface area contributed by atoms with Crippen LogP contribution in [-0.2, 0) is 0 Å². The van der Waals surface area contributed by atoms with Crippen molar-refractivity contribution in [2.24, 2.45) is 5.10 Å². The lowest BCUT2D eigenvalue weighted by atomic mass is 10.2. The molecule has 0 saturated carbocycles. The Hall–Kier alpha value is -2.21. The van der Waals surface area contributed by atoms with Crippen LogP contribution >= 0.6 is 15.9 Å². The van der Waals surface area contributed by atoms with E-state index in [1.54, 1.807) is 24.3 Å². The summed E-state index contributed by atoms with van der Waals surface area (Å²) in [5.74, 6) is -1.36. The Morgan fingerprint density at radius 3 is 2.60 bits per heavy atom. The van der Waals surface area contributed by atoms with E-state index in [4.69, 9.17) is 5.11 Å². The molecule has 0 radical (unpaired) electrons. The molecule has 0 atom stereocenters. The van der Waals surface area contributed by atoms with Gasteiger partial charge in [0.05, 0.1) is 17.5 Å². The average molecular weight is 337 g/mol. The Bertz CT molecular complexity index is 657. The molecule has 0 aliphatic rings. The molecule has 2 N–H and O–H groups in total. The lowest BCUT2D eigenvalue weighted by Crippen LogP contribution is -1.97. The number of hydrogen-bond donors (Lipinski definition) is 2. The second kappa shape index (κ2) is 6.29. The zero-order valence-corrected chi connectivity index (χ0v) is 11.8. The number of hydrazone groups is 1. The van der Waals surface area contributed by atoms with Crippen LogP contribution in [0.3, 0.4) is 0 Å². The van der Waals surface area contributed by atoms with Crippen LogP contribution in [0.5, 0.6) is 0 Å². The summed E-state index contributed by atoms with van der Waals surface area (Å²) in [5, 5.41) is 12.7. The molecule has 0 spiro atoms. The molecule has 102 valence electrons. The summed E-state index contributed by atoms with van der Waals surface area (Å²) in [6, 6.07) is 10.6. The summed E-state index contributed by atoms with van der Waals surface area (Å²) in [5.41, 5.74) is 3.85. The SMILES string of the molecule is O=C(O)c1ccc(N/N=C/c2cc(Br)ccc2F)cc1. The first kappa shape index (κ1) is 14.2. The molecule has 4 nitrogen and oxygen atoms in total. The number of benzene rings is 2. The third-order valence-electron chi connectivity index (χ3n) is 2.49. The number of carboxylic acid groups (broad SMARTS) is 1. The summed E-state index contributed by atoms with van der Waals surface area (Å²) in [4.78, 5) is 10.7. The first-order valence-electron chi connectivity index (χ1n) is 5.64. The van der Waals surface area contributed by atoms with Gasteiger partial charge in [-0.15, -0.1) is 0 Å². The molecule has 0 aromatic heterocycles. The van der Waals surface area contributed by atoms with Gasteiger partial charge in [-0.05, 0) is 42.5 Å². The molecule has 0 aliphatic heterocycles. The molecular formula is C14H10BrFN2O2. The number of anilines is 1. The van der Waals surface area contributed by atoms with Crippen LogP contribution < -0.4 is 5.43 Å². The molecule has 20 heavy (non-hydrogen) atoms. The molecular weight excluding hydrogens is 327 g/mol. The summed E-state index contributed by atoms with van der Waals surface area (Å²) in [6.45, 7) is 0. The molecule has 0 heterocycles. The standard InChI is InChI=1S/C14H10BrFN2O2/c15-11-3-6-13(16)10(7-11)8-17-18-12-4-1-9(2-5-12)14(19)20/h1-8,18H,(H,19,20)/b17-8+. The highest BCUT2D eigenvalue weighted by atomic mass is 79.9. The van der Waals surface area contributed by atoms with Gasteiger partial charge in [-0.1, -0.05) is 15.9 Å². The van der Waals surface area contributed by atoms with E-state index in [0.717, 1.165) is 4.47 Å². The van der Waals surface area contributed by atoms with Gasteiger partial charge in [0.1, 0.15) is 5.82 Å². The largest absolute Gasteiger partial charge is 0.478 e. The molecule has 0 amide bonds. The minimum Gasteiger partial charge on any atom is -0.478 e. The normalized spacial score (nSPS) is 10.7. The third kappa shape index (κ3) is 3.64. The fourth-order valence-electron chi connectivity index (χ4n) is 1.48. The van der Waals surface area contributed by atoms with Crippen LogP contribution in [0.2, 0.25) is 0 Å². The predicted molar refractivity (Wildman–Crippen MR) is 78.7 cm³/mol. The first-order valence-corrected chi connectivity index (χ1v) is 6.43. The molecule has 0 unspecified atom stereocenters. The van der Waals surface area contributed by atoms with Crippen molar-refractivity contribution in [1.82, 2.24) is 0 Å². The maximum Gasteiger partial charge on any atom is 0.335 e. The van der Waals surface area contributed by atoms with Gasteiger partial charge >= 0.3 is 5.97 Å². The number of hydrogen-bond acceptors (Lipinski definition) is 3. The number of carboxylic acids is 1. The number of rotatable bonds is 4. The van der Waals surface area contributed by atoms with Gasteiger partial charge in [0.15, 0.2) is 0 Å². The molecule has 0 bridgehead atoms. The van der Waals surface area contributed by atoms with Crippen LogP contribution in [-0.4, -0.2) is 17.3 Å². The molecule has 2 aromatic rings. The summed E-state index contributed by atoms with van der Waals surface area (Å²) >= 11 is 3.25. The summed E-state index contributed by atoms with van der Waals surface area (Å²) in [6.07, 6.45) is 1.35. The minimum absolute atomic E-state index is 0.192. The highest BCUT2D eigenvalue weighted by Crippen LogP contribution is 2.14. The lowest BCUT2D eigenvalue weighted by Gasteiger charge is -2.01. The van der Waals surface area contributed by atoms with E-state index in [1.165, 1.54) is 24.4 Å². The van der Waals surface area contributed by atoms with Gasteiger partial charge in [-0.3, -0.25) is 5.43 Å². The topological polar surface area (TPSA) is 61.7 Å². The zero-order chi connectivity index (χ0) is 14.5. The van der Waals surface area contributed by atoms with Crippen molar-refractivity contribution < 1.29 is 14.3 Å². The molecule has 0 saturated heterocycles. The Kier molecular flexibility index (Phi) is 4.47. The molecule has 0 aliphatic carbocycles. The summed E-state index contributed by atoms with van der Waals surface area (Å²) < 4.78 is 14.2. The van der Waals surface area contributed by atoms with E-state index >= 15 is 0 Å². The van der Waals surface area contributed by atoms with Crippen molar-refractivity contribution in [3.05, 3.63) is 63.9 Å². The van der Waals surface area contributed by atoms with Gasteiger partial charge in [-0.25, -0.2) is 9.18 Å². The van der Waals surface area contributed by atoms with Gasteiger partial charge < -0.3 is 5.11 Å². The fraction of sp³-hybridized carbons (Fsp3) is 0. The predicted octanol–water partition coefficient (Wildman–Crippen LogP) is 3.73. The first-order chi connectivity index (χ1) is 9.56. The third-order valence-corrected chi connectivity index (χ3v) is 2.98. The Balaban J connectivity index is 2.06. The Morgan fingerprint density at radius 2 is 1.95 bits per heavy atom. The molecule has 0 fully saturated rings. The van der Waals surface area contributed by atoms with E-state index in [1.807, 2.05) is 0 Å². The Morgan fingerprint density at radius 1 is 1.25 bits per heavy atom. The number of nitrogens with one attached hydrogen (secondary N) is 1. The van der Waals surface area contributed by atoms with E-state index in [2.05, 4.69) is 26.5 Å². The highest BCUT2D eigenvalue weighted by Gasteiger charge is 2.01. The van der Waals surface area contributed by atoms with Gasteiger partial charge in [0.2, 0.25) is 0 Å². The second-order valence-corrected chi connectivity index (χ2v) is 4.83. The van der Waals surface area contributed by atoms with Gasteiger partial charge in [0.25, 0.3) is 0 Å². The van der Waals surface area contributed by atoms with Crippen LogP contribution in [0.15, 0.2) is 52.0 Å². The minimum atomic E-state index is -0.990. The van der Waals surface area contributed by atoms with Crippen molar-refractivity contribution in [2.75, 3.05) is 5.43 Å². The quantitative estimate of drug-likeness (QED) is 0.660. The molecule has 2 rings (SSSR count). The number of nitrogens with zero attached hydrogens (tertiary/aromatic N) is 1. The van der Waals surface area contributed by atoms with Gasteiger partial charge in [-0.2, -0.15) is 5.10 Å². The number of halogens is 2. The van der Waals surface area contributed by atoms with E-state index in [9.17, 15) is 9.18 Å². The van der Waals surface area contributed by atoms with Crippen LogP contribution in [0, 0.1) is 5.82 Å². The van der Waals surface area contributed by atoms with E-state index in [0.29, 0.717) is 11.3 Å². The maximum absolute atomic E-state index is 13.4. The lowest BCUT2D eigenvalue weighted by molar-refractivity contribution is 0.0697. The van der Waals surface area contributed by atoms with E-state index in [-0.39, 0.29) is 11.4 Å². The van der Waals surface area contributed by atoms with Crippen molar-refractivity contribution in [3.8, 4) is 0 Å². The smallest absolute Gasteiger partial charge is 0.335 e. The maximum atomic E-state index is 13.4. The van der Waals surface area contributed by atoms with Crippen LogP contribution in [0.25, 0.3) is 0 Å². The van der Waals surface area contributed by atoms with Crippen LogP contribution in [0.1, 0.15) is 15.9 Å². The average Bonchev–Trinajstić information content (AvgIpc) is 2.43. The van der Waals surface area contributed by atoms with Gasteiger partial charge in [0, 0.05) is 10.0 Å². The van der Waals surface area contributed by atoms with Crippen molar-refractivity contribution in [3.63, 3.8) is 0 Å². The number of carbonyl (C=O) groups is 1. The van der Waals surface area contributed by atoms with Crippen molar-refractivity contribution >= 4 is 33.8 Å². The summed E-state index contributed by atoms with van der Waals surface area (Å²) in [7, 11) is 0. The fourth-order valence-corrected chi connectivity index (χ4v) is 1.86. The zero-order valence-electron chi connectivity index (χ0n) is 10.2.